The summed E-state index contributed by atoms with van der Waals surface area (Å²) < 4.78 is 5.82. The van der Waals surface area contributed by atoms with Gasteiger partial charge in [-0.1, -0.05) is 70.1 Å². The number of aryl methyl sites for hydroxylation is 1. The first kappa shape index (κ1) is 27.0. The zero-order valence-electron chi connectivity index (χ0n) is 21.5. The second-order valence-electron chi connectivity index (χ2n) is 9.11. The maximum atomic E-state index is 10.5. The van der Waals surface area contributed by atoms with E-state index in [-0.39, 0.29) is 11.5 Å². The summed E-state index contributed by atoms with van der Waals surface area (Å²) in [5.41, 5.74) is 3.55. The van der Waals surface area contributed by atoms with E-state index in [1.54, 1.807) is 30.6 Å². The van der Waals surface area contributed by atoms with Gasteiger partial charge in [0, 0.05) is 29.6 Å². The average Bonchev–Trinajstić information content (AvgIpc) is 2.87. The Kier molecular flexibility index (Phi) is 11.0. The first-order valence-corrected chi connectivity index (χ1v) is 13.0. The van der Waals surface area contributed by atoms with Gasteiger partial charge in [-0.3, -0.25) is 9.98 Å². The SMILES string of the molecule is CCCCCCCCCCOc1ccc(/C=N/c2ccccc2/N=C/c2ccc(C)cc2O)c(O)c1. The monoisotopic (exact) mass is 486 g/mol. The van der Waals surface area contributed by atoms with Gasteiger partial charge >= 0.3 is 0 Å². The van der Waals surface area contributed by atoms with Crippen molar-refractivity contribution in [2.45, 2.75) is 65.2 Å². The van der Waals surface area contributed by atoms with Crippen LogP contribution in [0.4, 0.5) is 11.4 Å². The minimum Gasteiger partial charge on any atom is -0.507 e. The molecular weight excluding hydrogens is 448 g/mol. The summed E-state index contributed by atoms with van der Waals surface area (Å²) in [6.07, 6.45) is 13.3. The van der Waals surface area contributed by atoms with E-state index in [2.05, 4.69) is 16.9 Å². The molecule has 0 fully saturated rings. The molecule has 0 bridgehead atoms. The first-order chi connectivity index (χ1) is 17.6. The number of unbranched alkanes of at least 4 members (excludes halogenated alkanes) is 7. The van der Waals surface area contributed by atoms with Crippen LogP contribution in [0.15, 0.2) is 70.6 Å². The second-order valence-corrected chi connectivity index (χ2v) is 9.11. The van der Waals surface area contributed by atoms with Gasteiger partial charge in [-0.25, -0.2) is 0 Å². The molecule has 0 aliphatic carbocycles. The number of ether oxygens (including phenoxy) is 1. The van der Waals surface area contributed by atoms with Gasteiger partial charge in [-0.05, 0) is 55.3 Å². The fourth-order valence-corrected chi connectivity index (χ4v) is 3.87. The fourth-order valence-electron chi connectivity index (χ4n) is 3.87. The Morgan fingerprint density at radius 3 is 1.83 bits per heavy atom. The van der Waals surface area contributed by atoms with Crippen molar-refractivity contribution < 1.29 is 14.9 Å². The van der Waals surface area contributed by atoms with E-state index in [0.717, 1.165) is 12.0 Å². The number of phenolic OH excluding ortho intramolecular Hbond substituents is 2. The van der Waals surface area contributed by atoms with Crippen LogP contribution in [-0.4, -0.2) is 29.2 Å². The van der Waals surface area contributed by atoms with Crippen LogP contribution in [0.25, 0.3) is 0 Å². The molecule has 2 N–H and O–H groups in total. The zero-order valence-corrected chi connectivity index (χ0v) is 21.5. The minimum absolute atomic E-state index is 0.123. The highest BCUT2D eigenvalue weighted by molar-refractivity contribution is 5.89. The fraction of sp³-hybridized carbons (Fsp3) is 0.355. The molecule has 5 nitrogen and oxygen atoms in total. The van der Waals surface area contributed by atoms with Crippen molar-refractivity contribution in [1.29, 1.82) is 0 Å². The van der Waals surface area contributed by atoms with Crippen molar-refractivity contribution in [3.8, 4) is 17.2 Å². The van der Waals surface area contributed by atoms with Gasteiger partial charge in [0.05, 0.1) is 18.0 Å². The van der Waals surface area contributed by atoms with E-state index < -0.39 is 0 Å². The standard InChI is InChI=1S/C31H38N2O3/c1-3-4-5-6-7-8-9-12-19-36-27-18-17-26(31(35)21-27)23-33-29-14-11-10-13-28(29)32-22-25-16-15-24(2)20-30(25)34/h10-11,13-18,20-23,34-35H,3-9,12,19H2,1-2H3/b32-22+,33-23+. The molecule has 3 aromatic rings. The molecule has 0 unspecified atom stereocenters. The Morgan fingerprint density at radius 2 is 1.25 bits per heavy atom. The lowest BCUT2D eigenvalue weighted by atomic mass is 10.1. The van der Waals surface area contributed by atoms with Crippen LogP contribution in [0.5, 0.6) is 17.2 Å². The number of hydrogen-bond acceptors (Lipinski definition) is 5. The van der Waals surface area contributed by atoms with Crippen molar-refractivity contribution in [3.05, 3.63) is 77.4 Å². The number of aliphatic imine (C=N–C) groups is 2. The lowest BCUT2D eigenvalue weighted by molar-refractivity contribution is 0.302. The van der Waals surface area contributed by atoms with Crippen molar-refractivity contribution >= 4 is 23.8 Å². The normalized spacial score (nSPS) is 11.5. The quantitative estimate of drug-likeness (QED) is 0.177. The van der Waals surface area contributed by atoms with Gasteiger partial charge in [0.2, 0.25) is 0 Å². The Labute approximate surface area is 215 Å². The molecule has 0 aromatic heterocycles. The molecule has 0 aliphatic rings. The van der Waals surface area contributed by atoms with Gasteiger partial charge in [-0.15, -0.1) is 0 Å². The number of nitrogens with zero attached hydrogens (tertiary/aromatic N) is 2. The summed E-state index contributed by atoms with van der Waals surface area (Å²) in [5.74, 6) is 0.975. The molecule has 36 heavy (non-hydrogen) atoms. The molecule has 0 spiro atoms. The third-order valence-electron chi connectivity index (χ3n) is 6.02. The van der Waals surface area contributed by atoms with Crippen LogP contribution in [0.3, 0.4) is 0 Å². The average molecular weight is 487 g/mol. The lowest BCUT2D eigenvalue weighted by Gasteiger charge is -2.08. The zero-order chi connectivity index (χ0) is 25.6. The van der Waals surface area contributed by atoms with Crippen LogP contribution in [0, 0.1) is 6.92 Å². The van der Waals surface area contributed by atoms with Gasteiger partial charge in [-0.2, -0.15) is 0 Å². The highest BCUT2D eigenvalue weighted by atomic mass is 16.5. The maximum Gasteiger partial charge on any atom is 0.128 e. The van der Waals surface area contributed by atoms with E-state index in [9.17, 15) is 10.2 Å². The highest BCUT2D eigenvalue weighted by Gasteiger charge is 2.04. The van der Waals surface area contributed by atoms with Crippen LogP contribution in [0.1, 0.15) is 75.0 Å². The molecule has 0 saturated heterocycles. The molecule has 0 amide bonds. The highest BCUT2D eigenvalue weighted by Crippen LogP contribution is 2.29. The van der Waals surface area contributed by atoms with E-state index in [1.165, 1.54) is 44.9 Å². The molecule has 0 heterocycles. The smallest absolute Gasteiger partial charge is 0.128 e. The molecular formula is C31H38N2O3. The third-order valence-corrected chi connectivity index (χ3v) is 6.02. The van der Waals surface area contributed by atoms with Crippen molar-refractivity contribution in [2.24, 2.45) is 9.98 Å². The Bertz CT molecular complexity index is 1150. The van der Waals surface area contributed by atoms with Crippen LogP contribution < -0.4 is 4.74 Å². The van der Waals surface area contributed by atoms with Crippen LogP contribution in [0.2, 0.25) is 0 Å². The molecule has 3 aromatic carbocycles. The topological polar surface area (TPSA) is 74.4 Å². The number of hydrogen-bond donors (Lipinski definition) is 2. The number of phenols is 2. The Morgan fingerprint density at radius 1 is 0.694 bits per heavy atom. The number of para-hydroxylation sites is 2. The maximum absolute atomic E-state index is 10.5. The molecule has 0 radical (unpaired) electrons. The largest absolute Gasteiger partial charge is 0.507 e. The summed E-state index contributed by atoms with van der Waals surface area (Å²) in [6, 6.07) is 18.2. The van der Waals surface area contributed by atoms with E-state index >= 15 is 0 Å². The summed E-state index contributed by atoms with van der Waals surface area (Å²) in [5, 5.41) is 20.6. The predicted octanol–water partition coefficient (Wildman–Crippen LogP) is 8.43. The molecule has 5 heteroatoms. The molecule has 0 saturated carbocycles. The lowest BCUT2D eigenvalue weighted by Crippen LogP contribution is -1.97. The summed E-state index contributed by atoms with van der Waals surface area (Å²) in [7, 11) is 0. The third kappa shape index (κ3) is 8.88. The molecule has 3 rings (SSSR count). The molecule has 0 aliphatic heterocycles. The van der Waals surface area contributed by atoms with Crippen molar-refractivity contribution in [1.82, 2.24) is 0 Å². The van der Waals surface area contributed by atoms with Gasteiger partial charge in [0.1, 0.15) is 17.2 Å². The van der Waals surface area contributed by atoms with Crippen LogP contribution >= 0.6 is 0 Å². The number of aromatic hydroxyl groups is 2. The van der Waals surface area contributed by atoms with Crippen LogP contribution in [-0.2, 0) is 0 Å². The minimum atomic E-state index is 0.123. The van der Waals surface area contributed by atoms with Crippen molar-refractivity contribution in [2.75, 3.05) is 6.61 Å². The summed E-state index contributed by atoms with van der Waals surface area (Å²) >= 11 is 0. The summed E-state index contributed by atoms with van der Waals surface area (Å²) in [6.45, 7) is 4.82. The Balaban J connectivity index is 1.54. The van der Waals surface area contributed by atoms with E-state index in [0.29, 0.717) is 34.9 Å². The summed E-state index contributed by atoms with van der Waals surface area (Å²) in [4.78, 5) is 9.04. The molecule has 190 valence electrons. The Hall–Kier alpha value is -3.60. The van der Waals surface area contributed by atoms with E-state index in [4.69, 9.17) is 4.74 Å². The predicted molar refractivity (Wildman–Crippen MR) is 150 cm³/mol. The van der Waals surface area contributed by atoms with Crippen molar-refractivity contribution in [3.63, 3.8) is 0 Å². The van der Waals surface area contributed by atoms with Gasteiger partial charge < -0.3 is 14.9 Å². The van der Waals surface area contributed by atoms with E-state index in [1.807, 2.05) is 49.4 Å². The van der Waals surface area contributed by atoms with Gasteiger partial charge in [0.15, 0.2) is 0 Å². The molecule has 0 atom stereocenters. The number of benzene rings is 3. The second kappa shape index (κ2) is 14.7. The number of rotatable bonds is 14. The first-order valence-electron chi connectivity index (χ1n) is 13.0. The van der Waals surface area contributed by atoms with Gasteiger partial charge in [0.25, 0.3) is 0 Å².